The van der Waals surface area contributed by atoms with Crippen molar-refractivity contribution in [1.82, 2.24) is 9.78 Å². The molecule has 0 saturated heterocycles. The highest BCUT2D eigenvalue weighted by atomic mass is 32.2. The lowest BCUT2D eigenvalue weighted by Crippen LogP contribution is -2.21. The Morgan fingerprint density at radius 2 is 1.94 bits per heavy atom. The molecule has 3 aromatic rings. The number of anilines is 2. The molecule has 1 aliphatic heterocycles. The molecule has 2 aromatic carbocycles. The highest BCUT2D eigenvalue weighted by Gasteiger charge is 2.30. The smallest absolute Gasteiger partial charge is 0.246 e. The second-order valence-electron chi connectivity index (χ2n) is 6.54. The Balaban J connectivity index is 1.60. The molecule has 162 valence electrons. The molecule has 0 saturated carbocycles. The van der Waals surface area contributed by atoms with Crippen molar-refractivity contribution in [3.8, 4) is 11.5 Å². The molecule has 0 atom stereocenters. The summed E-state index contributed by atoms with van der Waals surface area (Å²) in [4.78, 5) is 12.6. The van der Waals surface area contributed by atoms with Crippen molar-refractivity contribution in [2.45, 2.75) is 28.3 Å². The molecule has 4 rings (SSSR count). The number of nitrogens with two attached hydrogens (primary N) is 1. The van der Waals surface area contributed by atoms with Crippen molar-refractivity contribution >= 4 is 39.0 Å². The molecule has 1 amide bonds. The summed E-state index contributed by atoms with van der Waals surface area (Å²) < 4.78 is 38.1. The molecule has 2 heterocycles. The van der Waals surface area contributed by atoms with E-state index < -0.39 is 15.7 Å². The Bertz CT molecular complexity index is 1230. The quantitative estimate of drug-likeness (QED) is 0.516. The number of nitrogens with zero attached hydrogens (tertiary/aromatic N) is 2. The van der Waals surface area contributed by atoms with Crippen LogP contribution < -0.4 is 20.5 Å². The normalized spacial score (nSPS) is 12.7. The van der Waals surface area contributed by atoms with E-state index in [1.165, 1.54) is 28.6 Å². The molecule has 0 bridgehead atoms. The van der Waals surface area contributed by atoms with Gasteiger partial charge in [-0.25, -0.2) is 13.1 Å². The summed E-state index contributed by atoms with van der Waals surface area (Å²) in [6.07, 6.45) is 0. The molecule has 0 aliphatic carbocycles. The summed E-state index contributed by atoms with van der Waals surface area (Å²) in [6, 6.07) is 13.0. The Kier molecular flexibility index (Phi) is 5.79. The number of nitrogen functional groups attached to an aromatic ring is 1. The number of sulfone groups is 1. The van der Waals surface area contributed by atoms with Crippen LogP contribution in [0.5, 0.6) is 11.5 Å². The van der Waals surface area contributed by atoms with Crippen molar-refractivity contribution in [2.24, 2.45) is 0 Å². The van der Waals surface area contributed by atoms with Crippen LogP contribution in [-0.4, -0.2) is 36.7 Å². The minimum atomic E-state index is -3.89. The number of carbonyl (C=O) groups is 1. The van der Waals surface area contributed by atoms with Crippen LogP contribution in [0.2, 0.25) is 0 Å². The largest absolute Gasteiger partial charge is 0.454 e. The van der Waals surface area contributed by atoms with Crippen LogP contribution in [0.4, 0.5) is 11.5 Å². The zero-order valence-corrected chi connectivity index (χ0v) is 18.2. The van der Waals surface area contributed by atoms with Gasteiger partial charge in [0.25, 0.3) is 0 Å². The molecule has 0 fully saturated rings. The minimum absolute atomic E-state index is 0.0820. The number of thioether (sulfide) groups is 1. The molecule has 0 spiro atoms. The lowest BCUT2D eigenvalue weighted by Gasteiger charge is -2.08. The fourth-order valence-electron chi connectivity index (χ4n) is 3.07. The van der Waals surface area contributed by atoms with Gasteiger partial charge < -0.3 is 20.5 Å². The van der Waals surface area contributed by atoms with Crippen molar-refractivity contribution in [3.63, 3.8) is 0 Å². The van der Waals surface area contributed by atoms with Crippen LogP contribution in [0.15, 0.2) is 63.3 Å². The van der Waals surface area contributed by atoms with E-state index in [2.05, 4.69) is 10.4 Å². The van der Waals surface area contributed by atoms with E-state index in [1.807, 2.05) is 6.92 Å². The monoisotopic (exact) mass is 460 g/mol. The number of fused-ring (bicyclic) bond motifs is 1. The number of ether oxygens (including phenoxy) is 2. The van der Waals surface area contributed by atoms with Gasteiger partial charge in [0.05, 0.1) is 4.90 Å². The van der Waals surface area contributed by atoms with E-state index in [-0.39, 0.29) is 34.0 Å². The first-order valence-corrected chi connectivity index (χ1v) is 11.9. The van der Waals surface area contributed by atoms with Gasteiger partial charge in [-0.05, 0) is 30.0 Å². The molecular weight excluding hydrogens is 440 g/mol. The van der Waals surface area contributed by atoms with Gasteiger partial charge in [-0.1, -0.05) is 25.1 Å². The Morgan fingerprint density at radius 1 is 1.19 bits per heavy atom. The number of hydrogen-bond donors (Lipinski definition) is 2. The average Bonchev–Trinajstić information content (AvgIpc) is 3.33. The van der Waals surface area contributed by atoms with Crippen LogP contribution in [0, 0.1) is 0 Å². The molecule has 1 aromatic heterocycles. The first-order valence-electron chi connectivity index (χ1n) is 9.39. The third kappa shape index (κ3) is 4.19. The van der Waals surface area contributed by atoms with Crippen molar-refractivity contribution < 1.29 is 22.7 Å². The van der Waals surface area contributed by atoms with Crippen LogP contribution in [0.3, 0.4) is 0 Å². The number of nitrogens with one attached hydrogen (secondary N) is 1. The average molecular weight is 461 g/mol. The summed E-state index contributed by atoms with van der Waals surface area (Å²) in [5.74, 6) is 1.24. The summed E-state index contributed by atoms with van der Waals surface area (Å²) in [7, 11) is -3.89. The standard InChI is InChI=1S/C20H20N4O5S2/c1-2-30-20-18(31(26,27)14-6-4-3-5-7-14)19(21)24(23-20)11-17(25)22-13-8-9-15-16(10-13)29-12-28-15/h3-10H,2,11-12,21H2,1H3,(H,22,25). The van der Waals surface area contributed by atoms with E-state index in [0.29, 0.717) is 22.9 Å². The van der Waals surface area contributed by atoms with Gasteiger partial charge in [-0.15, -0.1) is 11.8 Å². The van der Waals surface area contributed by atoms with Crippen LogP contribution in [0.25, 0.3) is 0 Å². The van der Waals surface area contributed by atoms with E-state index in [9.17, 15) is 13.2 Å². The Morgan fingerprint density at radius 3 is 2.68 bits per heavy atom. The molecule has 3 N–H and O–H groups in total. The predicted molar refractivity (Wildman–Crippen MR) is 116 cm³/mol. The van der Waals surface area contributed by atoms with E-state index in [0.717, 1.165) is 0 Å². The lowest BCUT2D eigenvalue weighted by molar-refractivity contribution is -0.116. The number of aromatic nitrogens is 2. The number of amides is 1. The highest BCUT2D eigenvalue weighted by Crippen LogP contribution is 2.36. The SMILES string of the molecule is CCSc1nn(CC(=O)Nc2ccc3c(c2)OCO3)c(N)c1S(=O)(=O)c1ccccc1. The highest BCUT2D eigenvalue weighted by molar-refractivity contribution is 8.00. The van der Waals surface area contributed by atoms with E-state index in [1.54, 1.807) is 36.4 Å². The Hall–Kier alpha value is -3.18. The topological polar surface area (TPSA) is 126 Å². The third-order valence-corrected chi connectivity index (χ3v) is 7.28. The van der Waals surface area contributed by atoms with E-state index >= 15 is 0 Å². The van der Waals surface area contributed by atoms with Gasteiger partial charge in [-0.2, -0.15) is 5.10 Å². The first kappa shape index (κ1) is 21.1. The van der Waals surface area contributed by atoms with Crippen LogP contribution in [0.1, 0.15) is 6.92 Å². The predicted octanol–water partition coefficient (Wildman–Crippen LogP) is 2.78. The number of carbonyl (C=O) groups excluding carboxylic acids is 1. The second-order valence-corrected chi connectivity index (χ2v) is 9.68. The van der Waals surface area contributed by atoms with E-state index in [4.69, 9.17) is 15.2 Å². The zero-order chi connectivity index (χ0) is 22.0. The summed E-state index contributed by atoms with van der Waals surface area (Å²) in [5, 5.41) is 7.30. The summed E-state index contributed by atoms with van der Waals surface area (Å²) in [5.41, 5.74) is 6.68. The lowest BCUT2D eigenvalue weighted by atomic mass is 10.3. The summed E-state index contributed by atoms with van der Waals surface area (Å²) in [6.45, 7) is 1.76. The maximum Gasteiger partial charge on any atom is 0.246 e. The molecule has 1 aliphatic rings. The van der Waals surface area contributed by atoms with Gasteiger partial charge in [0.1, 0.15) is 22.3 Å². The van der Waals surface area contributed by atoms with Crippen LogP contribution >= 0.6 is 11.8 Å². The maximum atomic E-state index is 13.2. The van der Waals surface area contributed by atoms with Gasteiger partial charge in [0.2, 0.25) is 22.5 Å². The van der Waals surface area contributed by atoms with Crippen LogP contribution in [-0.2, 0) is 21.2 Å². The zero-order valence-electron chi connectivity index (χ0n) is 16.6. The maximum absolute atomic E-state index is 13.2. The number of benzene rings is 2. The van der Waals surface area contributed by atoms with Crippen molar-refractivity contribution in [1.29, 1.82) is 0 Å². The third-order valence-electron chi connectivity index (χ3n) is 4.47. The first-order chi connectivity index (χ1) is 14.9. The van der Waals surface area contributed by atoms with Crippen molar-refractivity contribution in [3.05, 3.63) is 48.5 Å². The van der Waals surface area contributed by atoms with Gasteiger partial charge in [-0.3, -0.25) is 4.79 Å². The van der Waals surface area contributed by atoms with Gasteiger partial charge in [0.15, 0.2) is 11.5 Å². The Labute approximate surface area is 183 Å². The minimum Gasteiger partial charge on any atom is -0.454 e. The second kappa shape index (κ2) is 8.52. The van der Waals surface area contributed by atoms with Gasteiger partial charge in [0, 0.05) is 11.8 Å². The number of rotatable bonds is 7. The van der Waals surface area contributed by atoms with Crippen molar-refractivity contribution in [2.75, 3.05) is 23.6 Å². The molecule has 0 unspecified atom stereocenters. The van der Waals surface area contributed by atoms with Gasteiger partial charge >= 0.3 is 0 Å². The molecular formula is C20H20N4O5S2. The molecule has 11 heteroatoms. The molecule has 9 nitrogen and oxygen atoms in total. The fourth-order valence-corrected chi connectivity index (χ4v) is 5.64. The molecule has 0 radical (unpaired) electrons. The number of hydrogen-bond acceptors (Lipinski definition) is 8. The molecule has 31 heavy (non-hydrogen) atoms. The summed E-state index contributed by atoms with van der Waals surface area (Å²) >= 11 is 1.25. The fraction of sp³-hybridized carbons (Fsp3) is 0.200.